The minimum Gasteiger partial charge on any atom is -0.511 e. The second kappa shape index (κ2) is 9.55. The third kappa shape index (κ3) is 4.64. The molecule has 0 amide bonds. The van der Waals surface area contributed by atoms with Crippen molar-refractivity contribution < 1.29 is 15.0 Å². The first-order valence-electron chi connectivity index (χ1n) is 10.7. The minimum atomic E-state index is -0.0459. The number of carbonyl (C=O) groups excluding carboxylic acids is 1. The number of piperazine rings is 1. The third-order valence-electron chi connectivity index (χ3n) is 6.19. The molecule has 1 unspecified atom stereocenters. The van der Waals surface area contributed by atoms with Gasteiger partial charge in [-0.05, 0) is 11.6 Å². The molecular weight excluding hydrogens is 380 g/mol. The van der Waals surface area contributed by atoms with Gasteiger partial charge in [0.05, 0.1) is 18.7 Å². The van der Waals surface area contributed by atoms with Gasteiger partial charge in [-0.25, -0.2) is 0 Å². The van der Waals surface area contributed by atoms with Crippen molar-refractivity contribution in [1.29, 1.82) is 0 Å². The predicted molar refractivity (Wildman–Crippen MR) is 118 cm³/mol. The van der Waals surface area contributed by atoms with Crippen LogP contribution in [-0.4, -0.2) is 89.4 Å². The third-order valence-corrected chi connectivity index (χ3v) is 6.19. The molecule has 1 atom stereocenters. The number of hydrogen-bond donors (Lipinski definition) is 3. The number of β-amino-alcohol motifs (C(OH)–C–C–N with tert-alkyl or cyclic N) is 1. The molecule has 1 aliphatic heterocycles. The molecular formula is C23H30N4O3. The van der Waals surface area contributed by atoms with Gasteiger partial charge in [0.25, 0.3) is 0 Å². The summed E-state index contributed by atoms with van der Waals surface area (Å²) in [5, 5.41) is 20.7. The molecule has 7 heteroatoms. The van der Waals surface area contributed by atoms with Crippen LogP contribution in [0.15, 0.2) is 46.8 Å². The van der Waals surface area contributed by atoms with E-state index in [-0.39, 0.29) is 24.1 Å². The summed E-state index contributed by atoms with van der Waals surface area (Å²) in [4.78, 5) is 25.0. The van der Waals surface area contributed by atoms with Crippen molar-refractivity contribution in [2.75, 3.05) is 52.4 Å². The molecule has 2 aromatic rings. The van der Waals surface area contributed by atoms with Crippen molar-refractivity contribution in [2.24, 2.45) is 4.99 Å². The fraction of sp³-hybridized carbons (Fsp3) is 0.478. The fourth-order valence-electron chi connectivity index (χ4n) is 4.44. The molecule has 3 N–H and O–H groups in total. The van der Waals surface area contributed by atoms with Gasteiger partial charge in [-0.3, -0.25) is 19.6 Å². The summed E-state index contributed by atoms with van der Waals surface area (Å²) in [5.74, 6) is 0.0827. The van der Waals surface area contributed by atoms with Crippen LogP contribution in [0.3, 0.4) is 0 Å². The molecule has 30 heavy (non-hydrogen) atoms. The van der Waals surface area contributed by atoms with Gasteiger partial charge in [-0.15, -0.1) is 0 Å². The van der Waals surface area contributed by atoms with Crippen LogP contribution in [-0.2, 0) is 4.79 Å². The molecule has 0 saturated carbocycles. The number of rotatable bonds is 7. The number of nitrogens with zero attached hydrogens (tertiary/aromatic N) is 3. The molecule has 160 valence electrons. The van der Waals surface area contributed by atoms with Crippen molar-refractivity contribution in [3.8, 4) is 0 Å². The van der Waals surface area contributed by atoms with Crippen LogP contribution in [0.4, 0.5) is 0 Å². The normalized spacial score (nSPS) is 21.9. The van der Waals surface area contributed by atoms with Crippen molar-refractivity contribution in [2.45, 2.75) is 18.8 Å². The van der Waals surface area contributed by atoms with Gasteiger partial charge in [0.1, 0.15) is 5.76 Å². The number of aliphatic hydroxyl groups is 2. The largest absolute Gasteiger partial charge is 0.511 e. The van der Waals surface area contributed by atoms with E-state index in [1.165, 1.54) is 0 Å². The summed E-state index contributed by atoms with van der Waals surface area (Å²) in [5.41, 5.74) is 2.49. The number of para-hydroxylation sites is 1. The van der Waals surface area contributed by atoms with Crippen molar-refractivity contribution in [3.63, 3.8) is 0 Å². The second-order valence-electron chi connectivity index (χ2n) is 8.12. The Kier molecular flexibility index (Phi) is 6.62. The number of aliphatic imine (C=N–C) groups is 1. The highest BCUT2D eigenvalue weighted by molar-refractivity contribution is 6.14. The van der Waals surface area contributed by atoms with Crippen LogP contribution in [0.2, 0.25) is 0 Å². The molecule has 0 bridgehead atoms. The predicted octanol–water partition coefficient (Wildman–Crippen LogP) is 2.11. The van der Waals surface area contributed by atoms with Crippen LogP contribution in [0.5, 0.6) is 0 Å². The smallest absolute Gasteiger partial charge is 0.168 e. The van der Waals surface area contributed by atoms with Crippen LogP contribution >= 0.6 is 0 Å². The van der Waals surface area contributed by atoms with Crippen LogP contribution in [0, 0.1) is 0 Å². The first kappa shape index (κ1) is 20.8. The van der Waals surface area contributed by atoms with E-state index in [0.29, 0.717) is 25.0 Å². The van der Waals surface area contributed by atoms with E-state index in [1.807, 2.05) is 30.5 Å². The van der Waals surface area contributed by atoms with Crippen LogP contribution < -0.4 is 0 Å². The molecule has 0 spiro atoms. The lowest BCUT2D eigenvalue weighted by atomic mass is 9.83. The Morgan fingerprint density at radius 3 is 2.57 bits per heavy atom. The Hall–Kier alpha value is -2.48. The highest BCUT2D eigenvalue weighted by atomic mass is 16.3. The number of carbonyl (C=O) groups is 1. The zero-order chi connectivity index (χ0) is 20.9. The Morgan fingerprint density at radius 1 is 1.10 bits per heavy atom. The maximum absolute atomic E-state index is 12.7. The number of allylic oxidation sites excluding steroid dienone is 2. The number of fused-ring (bicyclic) bond motifs is 1. The van der Waals surface area contributed by atoms with Gasteiger partial charge in [0, 0.05) is 81.3 Å². The Labute approximate surface area is 176 Å². The van der Waals surface area contributed by atoms with E-state index in [1.54, 1.807) is 6.21 Å². The number of nitrogens with one attached hydrogen (secondary N) is 1. The summed E-state index contributed by atoms with van der Waals surface area (Å²) in [6, 6.07) is 8.04. The van der Waals surface area contributed by atoms with Crippen LogP contribution in [0.25, 0.3) is 10.9 Å². The summed E-state index contributed by atoms with van der Waals surface area (Å²) >= 11 is 0. The molecule has 0 radical (unpaired) electrons. The number of ketones is 1. The Morgan fingerprint density at radius 2 is 1.83 bits per heavy atom. The van der Waals surface area contributed by atoms with Gasteiger partial charge in [0.15, 0.2) is 5.78 Å². The summed E-state index contributed by atoms with van der Waals surface area (Å²) in [6.07, 6.45) is 4.36. The highest BCUT2D eigenvalue weighted by Gasteiger charge is 2.29. The summed E-state index contributed by atoms with van der Waals surface area (Å²) in [7, 11) is 0. The van der Waals surface area contributed by atoms with Crippen molar-refractivity contribution >= 4 is 22.9 Å². The summed E-state index contributed by atoms with van der Waals surface area (Å²) < 4.78 is 0. The topological polar surface area (TPSA) is 92.2 Å². The number of aliphatic hydroxyl groups excluding tert-OH is 2. The van der Waals surface area contributed by atoms with Gasteiger partial charge in [-0.2, -0.15) is 0 Å². The second-order valence-corrected chi connectivity index (χ2v) is 8.12. The number of hydrogen-bond acceptors (Lipinski definition) is 6. The van der Waals surface area contributed by atoms with Gasteiger partial charge in [-0.1, -0.05) is 18.2 Å². The molecule has 2 aliphatic rings. The van der Waals surface area contributed by atoms with E-state index in [4.69, 9.17) is 5.11 Å². The van der Waals surface area contributed by atoms with Gasteiger partial charge < -0.3 is 15.2 Å². The summed E-state index contributed by atoms with van der Waals surface area (Å²) in [6.45, 7) is 6.25. The number of H-pyrrole nitrogens is 1. The van der Waals surface area contributed by atoms with E-state index >= 15 is 0 Å². The fourth-order valence-corrected chi connectivity index (χ4v) is 4.44. The average molecular weight is 411 g/mol. The molecule has 1 aromatic heterocycles. The van der Waals surface area contributed by atoms with E-state index in [2.05, 4.69) is 19.8 Å². The number of aromatic amines is 1. The van der Waals surface area contributed by atoms with E-state index < -0.39 is 0 Å². The lowest BCUT2D eigenvalue weighted by molar-refractivity contribution is -0.116. The SMILES string of the molecule is O=C1CC(c2c[nH]c3ccccc23)CC(O)=C1C=NCCN1CCN(CCO)CC1. The maximum Gasteiger partial charge on any atom is 0.168 e. The van der Waals surface area contributed by atoms with Crippen LogP contribution in [0.1, 0.15) is 24.3 Å². The average Bonchev–Trinajstić information content (AvgIpc) is 3.18. The first-order chi connectivity index (χ1) is 14.7. The van der Waals surface area contributed by atoms with Gasteiger partial charge >= 0.3 is 0 Å². The van der Waals surface area contributed by atoms with Crippen molar-refractivity contribution in [3.05, 3.63) is 47.4 Å². The molecule has 1 aromatic carbocycles. The zero-order valence-electron chi connectivity index (χ0n) is 17.3. The number of Topliss-reactive ketones (excluding diaryl/α,β-unsaturated/α-hetero) is 1. The lowest BCUT2D eigenvalue weighted by Gasteiger charge is -2.33. The lowest BCUT2D eigenvalue weighted by Crippen LogP contribution is -2.47. The van der Waals surface area contributed by atoms with Gasteiger partial charge in [0.2, 0.25) is 0 Å². The quantitative estimate of drug-likeness (QED) is 0.608. The molecule has 1 saturated heterocycles. The van der Waals surface area contributed by atoms with E-state index in [9.17, 15) is 9.90 Å². The molecule has 1 fully saturated rings. The number of benzene rings is 1. The molecule has 7 nitrogen and oxygen atoms in total. The van der Waals surface area contributed by atoms with Crippen molar-refractivity contribution in [1.82, 2.24) is 14.8 Å². The Bertz CT molecular complexity index is 941. The van der Waals surface area contributed by atoms with E-state index in [0.717, 1.165) is 55.7 Å². The maximum atomic E-state index is 12.7. The minimum absolute atomic E-state index is 0.0129. The Balaban J connectivity index is 1.32. The first-order valence-corrected chi connectivity index (χ1v) is 10.7. The molecule has 2 heterocycles. The highest BCUT2D eigenvalue weighted by Crippen LogP contribution is 2.36. The molecule has 1 aliphatic carbocycles. The standard InChI is InChI=1S/C23H30N4O3/c28-12-11-27-9-7-26(8-10-27)6-5-24-15-20-22(29)13-17(14-23(20)30)19-16-25-21-4-2-1-3-18(19)21/h1-4,15-17,25,28-29H,5-14H2. The zero-order valence-corrected chi connectivity index (χ0v) is 17.3. The monoisotopic (exact) mass is 410 g/mol. The molecule has 4 rings (SSSR count). The number of aromatic nitrogens is 1.